The highest BCUT2D eigenvalue weighted by Gasteiger charge is 2.19. The molecule has 1 rings (SSSR count). The minimum Gasteiger partial charge on any atom is -0.497 e. The molecule has 106 valence electrons. The average Bonchev–Trinajstić information content (AvgIpc) is 2.44. The van der Waals surface area contributed by atoms with Gasteiger partial charge in [-0.05, 0) is 50.4 Å². The van der Waals surface area contributed by atoms with Crippen molar-refractivity contribution in [2.45, 2.75) is 26.2 Å². The SMILES string of the molecule is CCOC(=O)C(CCCN)Cc1ccc(OC)cc1. The second kappa shape index (κ2) is 8.53. The van der Waals surface area contributed by atoms with Gasteiger partial charge in [0.2, 0.25) is 0 Å². The Morgan fingerprint density at radius 1 is 1.32 bits per heavy atom. The maximum Gasteiger partial charge on any atom is 0.309 e. The molecule has 0 fully saturated rings. The van der Waals surface area contributed by atoms with Crippen LogP contribution in [-0.2, 0) is 16.0 Å². The van der Waals surface area contributed by atoms with E-state index in [1.165, 1.54) is 0 Å². The van der Waals surface area contributed by atoms with Gasteiger partial charge in [-0.25, -0.2) is 0 Å². The van der Waals surface area contributed by atoms with E-state index >= 15 is 0 Å². The molecule has 0 aliphatic heterocycles. The third-order valence-corrected chi connectivity index (χ3v) is 3.02. The van der Waals surface area contributed by atoms with Gasteiger partial charge in [0.05, 0.1) is 19.6 Å². The van der Waals surface area contributed by atoms with Crippen molar-refractivity contribution >= 4 is 5.97 Å². The fourth-order valence-corrected chi connectivity index (χ4v) is 1.97. The lowest BCUT2D eigenvalue weighted by Gasteiger charge is -2.15. The summed E-state index contributed by atoms with van der Waals surface area (Å²) >= 11 is 0. The number of esters is 1. The summed E-state index contributed by atoms with van der Waals surface area (Å²) in [6, 6.07) is 7.77. The molecule has 4 heteroatoms. The second-order valence-corrected chi connectivity index (χ2v) is 4.43. The fraction of sp³-hybridized carbons (Fsp3) is 0.533. The van der Waals surface area contributed by atoms with Gasteiger partial charge in [-0.15, -0.1) is 0 Å². The highest BCUT2D eigenvalue weighted by atomic mass is 16.5. The van der Waals surface area contributed by atoms with E-state index < -0.39 is 0 Å². The molecule has 0 aromatic heterocycles. The number of hydrogen-bond donors (Lipinski definition) is 1. The maximum atomic E-state index is 11.9. The van der Waals surface area contributed by atoms with Gasteiger partial charge >= 0.3 is 5.97 Å². The lowest BCUT2D eigenvalue weighted by atomic mass is 9.95. The standard InChI is InChI=1S/C15H23NO3/c1-3-19-15(17)13(5-4-10-16)11-12-6-8-14(18-2)9-7-12/h6-9,13H,3-5,10-11,16H2,1-2H3. The normalized spacial score (nSPS) is 11.9. The van der Waals surface area contributed by atoms with Crippen LogP contribution in [0.4, 0.5) is 0 Å². The monoisotopic (exact) mass is 265 g/mol. The molecule has 0 amide bonds. The van der Waals surface area contributed by atoms with E-state index in [0.717, 1.165) is 24.2 Å². The van der Waals surface area contributed by atoms with Gasteiger partial charge in [-0.2, -0.15) is 0 Å². The minimum absolute atomic E-state index is 0.114. The number of benzene rings is 1. The Balaban J connectivity index is 2.66. The molecule has 1 aromatic rings. The number of carbonyl (C=O) groups excluding carboxylic acids is 1. The molecule has 0 spiro atoms. The summed E-state index contributed by atoms with van der Waals surface area (Å²) < 4.78 is 10.2. The molecule has 19 heavy (non-hydrogen) atoms. The van der Waals surface area contributed by atoms with Gasteiger partial charge < -0.3 is 15.2 Å². The molecule has 0 aliphatic rings. The lowest BCUT2D eigenvalue weighted by Crippen LogP contribution is -2.21. The Labute approximate surface area is 114 Å². The van der Waals surface area contributed by atoms with Crippen molar-refractivity contribution in [1.82, 2.24) is 0 Å². The highest BCUT2D eigenvalue weighted by Crippen LogP contribution is 2.18. The topological polar surface area (TPSA) is 61.5 Å². The van der Waals surface area contributed by atoms with E-state index in [1.54, 1.807) is 7.11 Å². The number of methoxy groups -OCH3 is 1. The van der Waals surface area contributed by atoms with Crippen LogP contribution in [0.5, 0.6) is 5.75 Å². The van der Waals surface area contributed by atoms with Crippen molar-refractivity contribution in [2.75, 3.05) is 20.3 Å². The van der Waals surface area contributed by atoms with Gasteiger partial charge in [-0.3, -0.25) is 4.79 Å². The van der Waals surface area contributed by atoms with Crippen LogP contribution in [0.3, 0.4) is 0 Å². The molecule has 1 aromatic carbocycles. The Bertz CT molecular complexity index is 375. The van der Waals surface area contributed by atoms with Crippen molar-refractivity contribution in [3.05, 3.63) is 29.8 Å². The van der Waals surface area contributed by atoms with E-state index in [4.69, 9.17) is 15.2 Å². The summed E-state index contributed by atoms with van der Waals surface area (Å²) in [5.41, 5.74) is 6.62. The Morgan fingerprint density at radius 3 is 2.53 bits per heavy atom. The molecule has 2 N–H and O–H groups in total. The molecule has 0 aliphatic carbocycles. The van der Waals surface area contributed by atoms with E-state index in [-0.39, 0.29) is 11.9 Å². The summed E-state index contributed by atoms with van der Waals surface area (Å²) in [7, 11) is 1.64. The second-order valence-electron chi connectivity index (χ2n) is 4.43. The first-order chi connectivity index (χ1) is 9.21. The minimum atomic E-state index is -0.133. The number of carbonyl (C=O) groups is 1. The summed E-state index contributed by atoms with van der Waals surface area (Å²) in [6.45, 7) is 2.84. The molecular weight excluding hydrogens is 242 g/mol. The van der Waals surface area contributed by atoms with Crippen molar-refractivity contribution in [2.24, 2.45) is 11.7 Å². The number of hydrogen-bond acceptors (Lipinski definition) is 4. The van der Waals surface area contributed by atoms with Gasteiger partial charge in [0, 0.05) is 0 Å². The van der Waals surface area contributed by atoms with Crippen molar-refractivity contribution in [1.29, 1.82) is 0 Å². The van der Waals surface area contributed by atoms with Crippen LogP contribution in [0.15, 0.2) is 24.3 Å². The third kappa shape index (κ3) is 5.30. The Kier molecular flexibility index (Phi) is 6.97. The molecule has 0 heterocycles. The largest absolute Gasteiger partial charge is 0.497 e. The van der Waals surface area contributed by atoms with Crippen LogP contribution in [0.1, 0.15) is 25.3 Å². The number of rotatable bonds is 8. The zero-order chi connectivity index (χ0) is 14.1. The van der Waals surface area contributed by atoms with Gasteiger partial charge in [0.1, 0.15) is 5.75 Å². The van der Waals surface area contributed by atoms with Crippen LogP contribution in [-0.4, -0.2) is 26.2 Å². The predicted molar refractivity (Wildman–Crippen MR) is 75.1 cm³/mol. The zero-order valence-corrected chi connectivity index (χ0v) is 11.7. The summed E-state index contributed by atoms with van der Waals surface area (Å²) in [5, 5.41) is 0. The summed E-state index contributed by atoms with van der Waals surface area (Å²) in [4.78, 5) is 11.9. The zero-order valence-electron chi connectivity index (χ0n) is 11.7. The fourth-order valence-electron chi connectivity index (χ4n) is 1.97. The van der Waals surface area contributed by atoms with Crippen LogP contribution in [0.25, 0.3) is 0 Å². The first-order valence-electron chi connectivity index (χ1n) is 6.70. The van der Waals surface area contributed by atoms with Gasteiger partial charge in [-0.1, -0.05) is 12.1 Å². The highest BCUT2D eigenvalue weighted by molar-refractivity contribution is 5.72. The predicted octanol–water partition coefficient (Wildman–Crippen LogP) is 2.16. The molecule has 1 atom stereocenters. The maximum absolute atomic E-state index is 11.9. The smallest absolute Gasteiger partial charge is 0.309 e. The molecule has 0 radical (unpaired) electrons. The van der Waals surface area contributed by atoms with E-state index in [0.29, 0.717) is 19.6 Å². The summed E-state index contributed by atoms with van der Waals surface area (Å²) in [5.74, 6) is 0.571. The average molecular weight is 265 g/mol. The molecule has 1 unspecified atom stereocenters. The quantitative estimate of drug-likeness (QED) is 0.732. The van der Waals surface area contributed by atoms with E-state index in [1.807, 2.05) is 31.2 Å². The first-order valence-corrected chi connectivity index (χ1v) is 6.70. The van der Waals surface area contributed by atoms with Gasteiger partial charge in [0.15, 0.2) is 0 Å². The van der Waals surface area contributed by atoms with Crippen molar-refractivity contribution in [3.63, 3.8) is 0 Å². The van der Waals surface area contributed by atoms with Crippen LogP contribution < -0.4 is 10.5 Å². The molecule has 4 nitrogen and oxygen atoms in total. The van der Waals surface area contributed by atoms with Crippen molar-refractivity contribution in [3.8, 4) is 5.75 Å². The Morgan fingerprint density at radius 2 is 2.00 bits per heavy atom. The molecular formula is C15H23NO3. The molecule has 0 saturated carbocycles. The van der Waals surface area contributed by atoms with Crippen molar-refractivity contribution < 1.29 is 14.3 Å². The van der Waals surface area contributed by atoms with Crippen LogP contribution in [0.2, 0.25) is 0 Å². The number of ether oxygens (including phenoxy) is 2. The lowest BCUT2D eigenvalue weighted by molar-refractivity contribution is -0.148. The summed E-state index contributed by atoms with van der Waals surface area (Å²) in [6.07, 6.45) is 2.28. The third-order valence-electron chi connectivity index (χ3n) is 3.02. The first kappa shape index (κ1) is 15.5. The Hall–Kier alpha value is -1.55. The van der Waals surface area contributed by atoms with Crippen LogP contribution in [0, 0.1) is 5.92 Å². The van der Waals surface area contributed by atoms with Gasteiger partial charge in [0.25, 0.3) is 0 Å². The van der Waals surface area contributed by atoms with E-state index in [9.17, 15) is 4.79 Å². The number of nitrogens with two attached hydrogens (primary N) is 1. The molecule has 0 bridgehead atoms. The van der Waals surface area contributed by atoms with E-state index in [2.05, 4.69) is 0 Å². The molecule has 0 saturated heterocycles. The van der Waals surface area contributed by atoms with Crippen LogP contribution >= 0.6 is 0 Å².